The Morgan fingerprint density at radius 3 is 2.35 bits per heavy atom. The number of nitrogens with zero attached hydrogens (tertiary/aromatic N) is 2. The number of hydrogen-bond acceptors (Lipinski definition) is 4. The molecular weight excluding hydrogens is 510 g/mol. The topological polar surface area (TPSA) is 81.1 Å². The van der Waals surface area contributed by atoms with Crippen LogP contribution in [-0.2, 0) is 22.9 Å². The van der Waals surface area contributed by atoms with E-state index in [-0.39, 0.29) is 34.7 Å². The van der Waals surface area contributed by atoms with Gasteiger partial charge in [0, 0.05) is 34.7 Å². The minimum absolute atomic E-state index is 0.0882. The van der Waals surface area contributed by atoms with Crippen LogP contribution in [0.25, 0.3) is 11.1 Å². The van der Waals surface area contributed by atoms with Crippen molar-refractivity contribution in [3.8, 4) is 11.1 Å². The van der Waals surface area contributed by atoms with Crippen molar-refractivity contribution in [3.05, 3.63) is 87.1 Å². The molecule has 0 aliphatic heterocycles. The number of aromatic nitrogens is 2. The quantitative estimate of drug-likeness (QED) is 0.435. The molecule has 2 unspecified atom stereocenters. The molecule has 0 amide bonds. The molecule has 2 aromatic carbocycles. The van der Waals surface area contributed by atoms with Crippen molar-refractivity contribution in [2.75, 3.05) is 6.26 Å². The van der Waals surface area contributed by atoms with Crippen LogP contribution in [0.3, 0.4) is 0 Å². The van der Waals surface area contributed by atoms with Gasteiger partial charge in [0.25, 0.3) is 12.0 Å². The number of halogens is 4. The van der Waals surface area contributed by atoms with Crippen molar-refractivity contribution in [2.24, 2.45) is 0 Å². The average Bonchev–Trinajstić information content (AvgIpc) is 2.81. The Bertz CT molecular complexity index is 1490. The number of rotatable bonds is 7. The maximum atomic E-state index is 15.8. The lowest BCUT2D eigenvalue weighted by atomic mass is 9.78. The van der Waals surface area contributed by atoms with Crippen LogP contribution in [-0.4, -0.2) is 30.3 Å². The highest BCUT2D eigenvalue weighted by molar-refractivity contribution is 7.88. The third-order valence-electron chi connectivity index (χ3n) is 6.66. The van der Waals surface area contributed by atoms with Crippen LogP contribution in [0.4, 0.5) is 17.6 Å². The zero-order valence-corrected chi connectivity index (χ0v) is 21.3. The number of sulfonamides is 1. The second-order valence-corrected chi connectivity index (χ2v) is 11.3. The molecule has 2 atom stereocenters. The van der Waals surface area contributed by atoms with E-state index in [1.165, 1.54) is 41.2 Å². The number of alkyl halides is 2. The third-order valence-corrected chi connectivity index (χ3v) is 7.39. The number of fused-ring (bicyclic) bond motifs is 1. The highest BCUT2D eigenvalue weighted by atomic mass is 32.2. The van der Waals surface area contributed by atoms with E-state index in [1.807, 2.05) is 13.8 Å². The summed E-state index contributed by atoms with van der Waals surface area (Å²) >= 11 is 0. The van der Waals surface area contributed by atoms with E-state index in [4.69, 9.17) is 0 Å². The van der Waals surface area contributed by atoms with E-state index in [0.717, 1.165) is 12.3 Å². The van der Waals surface area contributed by atoms with Crippen molar-refractivity contribution in [2.45, 2.75) is 57.5 Å². The van der Waals surface area contributed by atoms with Crippen LogP contribution in [0.1, 0.15) is 61.0 Å². The Morgan fingerprint density at radius 2 is 1.73 bits per heavy atom. The standard InChI is InChI=1S/C26H27F4N3O3S/c1-14(2)33-13-31-21-11-10-20(32-37(3,35)36)19(22(21)26(33)34)12-15-6-4-7-16(23(15)27)17-8-5-9-18(24(17)28)25(29)30/h4-9,13-14,19-20,25,32H,10-12H2,1-3H3. The number of aryl methyl sites for hydroxylation is 1. The van der Waals surface area contributed by atoms with Gasteiger partial charge in [-0.3, -0.25) is 9.36 Å². The van der Waals surface area contributed by atoms with Gasteiger partial charge in [0.2, 0.25) is 10.0 Å². The molecular formula is C26H27F4N3O3S. The van der Waals surface area contributed by atoms with E-state index in [9.17, 15) is 26.4 Å². The molecule has 6 nitrogen and oxygen atoms in total. The first-order chi connectivity index (χ1) is 17.4. The smallest absolute Gasteiger partial charge is 0.266 e. The van der Waals surface area contributed by atoms with Gasteiger partial charge in [-0.15, -0.1) is 0 Å². The molecule has 0 saturated carbocycles. The summed E-state index contributed by atoms with van der Waals surface area (Å²) in [6.45, 7) is 3.62. The van der Waals surface area contributed by atoms with Gasteiger partial charge in [-0.2, -0.15) is 0 Å². The largest absolute Gasteiger partial charge is 0.296 e. The second kappa shape index (κ2) is 10.4. The van der Waals surface area contributed by atoms with Crippen LogP contribution < -0.4 is 10.3 Å². The molecule has 0 bridgehead atoms. The van der Waals surface area contributed by atoms with Crippen molar-refractivity contribution >= 4 is 10.0 Å². The summed E-state index contributed by atoms with van der Waals surface area (Å²) in [4.78, 5) is 17.8. The van der Waals surface area contributed by atoms with Crippen molar-refractivity contribution in [1.82, 2.24) is 14.3 Å². The molecule has 1 heterocycles. The zero-order chi connectivity index (χ0) is 27.1. The van der Waals surface area contributed by atoms with Gasteiger partial charge in [-0.1, -0.05) is 36.4 Å². The fourth-order valence-corrected chi connectivity index (χ4v) is 5.75. The molecule has 1 N–H and O–H groups in total. The maximum Gasteiger partial charge on any atom is 0.266 e. The summed E-state index contributed by atoms with van der Waals surface area (Å²) in [7, 11) is -3.66. The third kappa shape index (κ3) is 5.47. The van der Waals surface area contributed by atoms with Crippen molar-refractivity contribution in [1.29, 1.82) is 0 Å². The van der Waals surface area contributed by atoms with Crippen LogP contribution in [0.5, 0.6) is 0 Å². The summed E-state index contributed by atoms with van der Waals surface area (Å²) in [6, 6.07) is 6.70. The predicted molar refractivity (Wildman–Crippen MR) is 132 cm³/mol. The van der Waals surface area contributed by atoms with E-state index in [2.05, 4.69) is 9.71 Å². The summed E-state index contributed by atoms with van der Waals surface area (Å²) in [5.74, 6) is -2.80. The summed E-state index contributed by atoms with van der Waals surface area (Å²) in [5.41, 5.74) is -0.761. The first-order valence-corrected chi connectivity index (χ1v) is 13.7. The van der Waals surface area contributed by atoms with Crippen molar-refractivity contribution in [3.63, 3.8) is 0 Å². The highest BCUT2D eigenvalue weighted by Crippen LogP contribution is 2.36. The molecule has 198 valence electrons. The van der Waals surface area contributed by atoms with Crippen LogP contribution in [0.15, 0.2) is 47.5 Å². The summed E-state index contributed by atoms with van der Waals surface area (Å²) in [6.07, 6.45) is 0.0111. The predicted octanol–water partition coefficient (Wildman–Crippen LogP) is 4.90. The minimum Gasteiger partial charge on any atom is -0.296 e. The highest BCUT2D eigenvalue weighted by Gasteiger charge is 2.36. The molecule has 3 aromatic rings. The van der Waals surface area contributed by atoms with E-state index in [1.54, 1.807) is 0 Å². The minimum atomic E-state index is -3.66. The fraction of sp³-hybridized carbons (Fsp3) is 0.385. The van der Waals surface area contributed by atoms with Gasteiger partial charge in [0.15, 0.2) is 0 Å². The molecule has 1 aliphatic carbocycles. The molecule has 0 radical (unpaired) electrons. The van der Waals surface area contributed by atoms with Gasteiger partial charge in [0.1, 0.15) is 11.6 Å². The van der Waals surface area contributed by atoms with E-state index in [0.29, 0.717) is 24.1 Å². The van der Waals surface area contributed by atoms with Gasteiger partial charge in [-0.25, -0.2) is 35.7 Å². The van der Waals surface area contributed by atoms with Crippen LogP contribution in [0, 0.1) is 11.6 Å². The number of nitrogens with one attached hydrogen (secondary N) is 1. The monoisotopic (exact) mass is 537 g/mol. The summed E-state index contributed by atoms with van der Waals surface area (Å²) in [5, 5.41) is 0. The molecule has 1 aliphatic rings. The SMILES string of the molecule is CC(C)n1cnc2c(c1=O)C(Cc1cccc(-c3cccc(C(F)F)c3F)c1F)C(NS(C)(=O)=O)CC2. The molecule has 4 rings (SSSR count). The van der Waals surface area contributed by atoms with Crippen LogP contribution in [0.2, 0.25) is 0 Å². The molecule has 0 fully saturated rings. The summed E-state index contributed by atoms with van der Waals surface area (Å²) < 4.78 is 85.3. The Hall–Kier alpha value is -3.05. The number of hydrogen-bond donors (Lipinski definition) is 1. The lowest BCUT2D eigenvalue weighted by Crippen LogP contribution is -2.45. The molecule has 0 saturated heterocycles. The van der Waals surface area contributed by atoms with Gasteiger partial charge in [0.05, 0.1) is 23.8 Å². The normalized spacial score (nSPS) is 17.9. The van der Waals surface area contributed by atoms with Gasteiger partial charge in [-0.05, 0) is 38.7 Å². The molecule has 1 aromatic heterocycles. The van der Waals surface area contributed by atoms with Crippen molar-refractivity contribution < 1.29 is 26.0 Å². The molecule has 0 spiro atoms. The van der Waals surface area contributed by atoms with E-state index < -0.39 is 45.6 Å². The second-order valence-electron chi connectivity index (χ2n) is 9.55. The van der Waals surface area contributed by atoms with E-state index >= 15 is 4.39 Å². The van der Waals surface area contributed by atoms with Gasteiger partial charge >= 0.3 is 0 Å². The first kappa shape index (κ1) is 27.0. The van der Waals surface area contributed by atoms with Crippen LogP contribution >= 0.6 is 0 Å². The Balaban J connectivity index is 1.84. The van der Waals surface area contributed by atoms with Gasteiger partial charge < -0.3 is 0 Å². The Labute approximate surface area is 212 Å². The zero-order valence-electron chi connectivity index (χ0n) is 20.5. The Morgan fingerprint density at radius 1 is 1.08 bits per heavy atom. The molecule has 37 heavy (non-hydrogen) atoms. The maximum absolute atomic E-state index is 15.8. The average molecular weight is 538 g/mol. The molecule has 11 heteroatoms. The first-order valence-electron chi connectivity index (χ1n) is 11.8. The Kier molecular flexibility index (Phi) is 7.57. The fourth-order valence-electron chi connectivity index (χ4n) is 4.92. The lowest BCUT2D eigenvalue weighted by molar-refractivity contribution is 0.146. The number of benzene rings is 2. The lowest BCUT2D eigenvalue weighted by Gasteiger charge is -2.33.